The van der Waals surface area contributed by atoms with Crippen LogP contribution in [0.15, 0.2) is 12.7 Å². The van der Waals surface area contributed by atoms with Gasteiger partial charge in [-0.3, -0.25) is 4.57 Å². The van der Waals surface area contributed by atoms with Crippen molar-refractivity contribution in [1.29, 1.82) is 0 Å². The first-order chi connectivity index (χ1) is 8.25. The number of hydrogen-bond donors (Lipinski definition) is 1. The maximum atomic E-state index is 5.81. The van der Waals surface area contributed by atoms with Crippen molar-refractivity contribution in [3.05, 3.63) is 12.7 Å². The Morgan fingerprint density at radius 2 is 2.12 bits per heavy atom. The fourth-order valence-corrected chi connectivity index (χ4v) is 2.40. The van der Waals surface area contributed by atoms with Crippen LogP contribution in [0.3, 0.4) is 0 Å². The van der Waals surface area contributed by atoms with Crippen LogP contribution < -0.4 is 5.73 Å². The molecule has 4 rings (SSSR count). The smallest absolute Gasteiger partial charge is 0.167 e. The quantitative estimate of drug-likeness (QED) is 0.702. The minimum absolute atomic E-state index is 0.110. The third-order valence-electron chi connectivity index (χ3n) is 3.32. The maximum absolute atomic E-state index is 5.81. The van der Waals surface area contributed by atoms with Gasteiger partial charge in [0.2, 0.25) is 0 Å². The molecule has 0 aromatic carbocycles. The maximum Gasteiger partial charge on any atom is 0.167 e. The van der Waals surface area contributed by atoms with Crippen molar-refractivity contribution >= 4 is 17.0 Å². The number of anilines is 1. The van der Waals surface area contributed by atoms with Gasteiger partial charge >= 0.3 is 0 Å². The molecule has 2 aliphatic rings. The molecule has 0 amide bonds. The number of rotatable bonds is 1. The van der Waals surface area contributed by atoms with Crippen molar-refractivity contribution in [2.75, 3.05) is 5.73 Å². The number of nitrogen functional groups attached to an aromatic ring is 1. The normalized spacial score (nSPS) is 35.1. The van der Waals surface area contributed by atoms with E-state index in [-0.39, 0.29) is 24.5 Å². The molecule has 2 saturated heterocycles. The number of hydrogen-bond acceptors (Lipinski definition) is 6. The van der Waals surface area contributed by atoms with Crippen molar-refractivity contribution in [3.8, 4) is 0 Å². The predicted octanol–water partition coefficient (Wildman–Crippen LogP) is 0.0932. The highest BCUT2D eigenvalue weighted by Crippen LogP contribution is 2.45. The zero-order valence-electron chi connectivity index (χ0n) is 9.15. The molecule has 0 aliphatic carbocycles. The molecule has 7 heteroatoms. The molecule has 7 nitrogen and oxygen atoms in total. The van der Waals surface area contributed by atoms with E-state index in [9.17, 15) is 0 Å². The standard InChI is InChI=1S/C10H11N5O2/c1-4-6-7(17-6)10(16-4)15-3-14-5-8(11)12-2-13-9(5)15/h2-4,6-7,10H,1H3,(H2,11,12,13). The molecule has 2 N–H and O–H groups in total. The van der Waals surface area contributed by atoms with E-state index >= 15 is 0 Å². The Kier molecular flexibility index (Phi) is 1.61. The van der Waals surface area contributed by atoms with Gasteiger partial charge in [0, 0.05) is 0 Å². The summed E-state index contributed by atoms with van der Waals surface area (Å²) in [4.78, 5) is 12.3. The van der Waals surface area contributed by atoms with Crippen LogP contribution >= 0.6 is 0 Å². The van der Waals surface area contributed by atoms with Crippen LogP contribution in [0, 0.1) is 0 Å². The number of fused-ring (bicyclic) bond motifs is 2. The van der Waals surface area contributed by atoms with Crippen LogP contribution in [0.1, 0.15) is 13.2 Å². The summed E-state index contributed by atoms with van der Waals surface area (Å²) >= 11 is 0. The van der Waals surface area contributed by atoms with Crippen molar-refractivity contribution in [1.82, 2.24) is 19.5 Å². The van der Waals surface area contributed by atoms with E-state index in [1.54, 1.807) is 6.33 Å². The lowest BCUT2D eigenvalue weighted by molar-refractivity contribution is -0.0569. The van der Waals surface area contributed by atoms with Crippen LogP contribution in [0.2, 0.25) is 0 Å². The Bertz CT molecular complexity index is 597. The number of aromatic nitrogens is 4. The van der Waals surface area contributed by atoms with Gasteiger partial charge in [-0.2, -0.15) is 0 Å². The second kappa shape index (κ2) is 2.93. The summed E-state index contributed by atoms with van der Waals surface area (Å²) in [5.41, 5.74) is 7.03. The summed E-state index contributed by atoms with van der Waals surface area (Å²) in [6.45, 7) is 2.01. The van der Waals surface area contributed by atoms with Gasteiger partial charge in [0.15, 0.2) is 17.7 Å². The monoisotopic (exact) mass is 233 g/mol. The highest BCUT2D eigenvalue weighted by Gasteiger charge is 2.57. The zero-order valence-corrected chi connectivity index (χ0v) is 9.15. The molecule has 2 aromatic rings. The van der Waals surface area contributed by atoms with Crippen LogP contribution in [-0.4, -0.2) is 37.8 Å². The number of imidazole rings is 1. The van der Waals surface area contributed by atoms with E-state index in [1.807, 2.05) is 11.5 Å². The Hall–Kier alpha value is -1.73. The third kappa shape index (κ3) is 1.15. The minimum Gasteiger partial charge on any atom is -0.382 e. The summed E-state index contributed by atoms with van der Waals surface area (Å²) in [6.07, 6.45) is 3.38. The first kappa shape index (κ1) is 9.32. The van der Waals surface area contributed by atoms with Gasteiger partial charge in [0.25, 0.3) is 0 Å². The van der Waals surface area contributed by atoms with Gasteiger partial charge in [-0.1, -0.05) is 0 Å². The summed E-state index contributed by atoms with van der Waals surface area (Å²) in [5, 5.41) is 0. The Morgan fingerprint density at radius 1 is 1.24 bits per heavy atom. The van der Waals surface area contributed by atoms with Crippen molar-refractivity contribution in [2.24, 2.45) is 0 Å². The summed E-state index contributed by atoms with van der Waals surface area (Å²) < 4.78 is 13.2. The van der Waals surface area contributed by atoms with Gasteiger partial charge < -0.3 is 15.2 Å². The molecule has 0 radical (unpaired) electrons. The minimum atomic E-state index is -0.158. The summed E-state index contributed by atoms with van der Waals surface area (Å²) in [5.74, 6) is 0.382. The Labute approximate surface area is 96.6 Å². The molecule has 2 aromatic heterocycles. The first-order valence-electron chi connectivity index (χ1n) is 5.49. The van der Waals surface area contributed by atoms with E-state index in [1.165, 1.54) is 6.33 Å². The summed E-state index contributed by atoms with van der Waals surface area (Å²) in [7, 11) is 0. The van der Waals surface area contributed by atoms with Gasteiger partial charge in [-0.15, -0.1) is 0 Å². The molecule has 2 aliphatic heterocycles. The zero-order chi connectivity index (χ0) is 11.6. The number of nitrogens with zero attached hydrogens (tertiary/aromatic N) is 4. The summed E-state index contributed by atoms with van der Waals surface area (Å²) in [6, 6.07) is 0. The largest absolute Gasteiger partial charge is 0.382 e. The van der Waals surface area contributed by atoms with Gasteiger partial charge in [-0.25, -0.2) is 15.0 Å². The van der Waals surface area contributed by atoms with Crippen molar-refractivity contribution < 1.29 is 9.47 Å². The van der Waals surface area contributed by atoms with E-state index in [2.05, 4.69) is 15.0 Å². The molecule has 0 spiro atoms. The average Bonchev–Trinajstić information content (AvgIpc) is 2.89. The predicted molar refractivity (Wildman–Crippen MR) is 58.0 cm³/mol. The lowest BCUT2D eigenvalue weighted by Gasteiger charge is -2.16. The second-order valence-corrected chi connectivity index (χ2v) is 4.38. The van der Waals surface area contributed by atoms with Crippen molar-refractivity contribution in [3.63, 3.8) is 0 Å². The van der Waals surface area contributed by atoms with Crippen LogP contribution in [0.25, 0.3) is 11.2 Å². The Morgan fingerprint density at radius 3 is 2.82 bits per heavy atom. The lowest BCUT2D eigenvalue weighted by atomic mass is 10.2. The number of nitrogens with two attached hydrogens (primary N) is 1. The van der Waals surface area contributed by atoms with Gasteiger partial charge in [0.05, 0.1) is 12.4 Å². The van der Waals surface area contributed by atoms with Crippen LogP contribution in [0.4, 0.5) is 5.82 Å². The van der Waals surface area contributed by atoms with E-state index in [0.29, 0.717) is 17.0 Å². The molecule has 4 atom stereocenters. The van der Waals surface area contributed by atoms with Crippen molar-refractivity contribution in [2.45, 2.75) is 31.5 Å². The molecule has 0 bridgehead atoms. The topological polar surface area (TPSA) is 91.4 Å². The van der Waals surface area contributed by atoms with Gasteiger partial charge in [0.1, 0.15) is 24.1 Å². The SMILES string of the molecule is CC1OC(n2cnc3c(N)ncnc32)C2OC12. The van der Waals surface area contributed by atoms with Crippen LogP contribution in [-0.2, 0) is 9.47 Å². The molecule has 4 unspecified atom stereocenters. The fraction of sp³-hybridized carbons (Fsp3) is 0.500. The molecule has 88 valence electrons. The van der Waals surface area contributed by atoms with Crippen LogP contribution in [0.5, 0.6) is 0 Å². The average molecular weight is 233 g/mol. The molecule has 4 heterocycles. The first-order valence-corrected chi connectivity index (χ1v) is 5.49. The third-order valence-corrected chi connectivity index (χ3v) is 3.32. The van der Waals surface area contributed by atoms with E-state index < -0.39 is 0 Å². The van der Waals surface area contributed by atoms with E-state index in [0.717, 1.165) is 0 Å². The molecular formula is C10H11N5O2. The number of epoxide rings is 1. The molecule has 2 fully saturated rings. The number of ether oxygens (including phenoxy) is 2. The molecule has 17 heavy (non-hydrogen) atoms. The molecule has 0 saturated carbocycles. The van der Waals surface area contributed by atoms with E-state index in [4.69, 9.17) is 15.2 Å². The second-order valence-electron chi connectivity index (χ2n) is 4.38. The molecular weight excluding hydrogens is 222 g/mol. The highest BCUT2D eigenvalue weighted by molar-refractivity contribution is 5.81. The van der Waals surface area contributed by atoms with Gasteiger partial charge in [-0.05, 0) is 6.92 Å². The highest BCUT2D eigenvalue weighted by atomic mass is 16.7. The lowest BCUT2D eigenvalue weighted by Crippen LogP contribution is -2.16. The fourth-order valence-electron chi connectivity index (χ4n) is 2.40. The Balaban J connectivity index is 1.84.